The molecule has 1 aliphatic heterocycles. The topological polar surface area (TPSA) is 64.7 Å². The molecule has 168 valence electrons. The van der Waals surface area contributed by atoms with E-state index in [1.807, 2.05) is 0 Å². The van der Waals surface area contributed by atoms with E-state index in [1.165, 1.54) is 34.9 Å². The Bertz CT molecular complexity index is 783. The van der Waals surface area contributed by atoms with E-state index >= 15 is 0 Å². The number of hydrogen-bond donors (Lipinski definition) is 3. The number of likely N-dealkylation sites (tertiary alicyclic amines) is 1. The number of aryl methyl sites for hydroxylation is 1. The van der Waals surface area contributed by atoms with Gasteiger partial charge in [0.25, 0.3) is 0 Å². The van der Waals surface area contributed by atoms with Crippen molar-refractivity contribution in [2.24, 2.45) is 10.9 Å². The van der Waals surface area contributed by atoms with E-state index in [0.717, 1.165) is 58.3 Å². The number of benzene rings is 1. The monoisotopic (exact) mass is 527 g/mol. The van der Waals surface area contributed by atoms with Crippen LogP contribution in [0, 0.1) is 12.8 Å². The van der Waals surface area contributed by atoms with E-state index in [0.29, 0.717) is 5.92 Å². The molecule has 1 aliphatic rings. The molecule has 0 bridgehead atoms. The Morgan fingerprint density at radius 2 is 2.07 bits per heavy atom. The molecule has 0 unspecified atom stereocenters. The molecule has 0 aliphatic carbocycles. The second-order valence-electron chi connectivity index (χ2n) is 7.99. The van der Waals surface area contributed by atoms with Crippen molar-refractivity contribution >= 4 is 40.8 Å². The maximum atomic E-state index is 5.19. The maximum Gasteiger partial charge on any atom is 0.191 e. The number of aromatic nitrogens is 1. The molecular weight excluding hydrogens is 489 g/mol. The zero-order valence-electron chi connectivity index (χ0n) is 18.7. The van der Waals surface area contributed by atoms with Crippen molar-refractivity contribution < 1.29 is 4.74 Å². The molecule has 3 N–H and O–H groups in total. The van der Waals surface area contributed by atoms with E-state index < -0.39 is 0 Å². The maximum absolute atomic E-state index is 5.19. The van der Waals surface area contributed by atoms with Crippen LogP contribution in [0.2, 0.25) is 0 Å². The lowest BCUT2D eigenvalue weighted by atomic mass is 9.97. The summed E-state index contributed by atoms with van der Waals surface area (Å²) in [6, 6.07) is 6.43. The van der Waals surface area contributed by atoms with Gasteiger partial charge in [-0.3, -0.25) is 4.99 Å². The number of ether oxygens (including phenoxy) is 1. The molecule has 2 heterocycles. The minimum atomic E-state index is 0. The van der Waals surface area contributed by atoms with Gasteiger partial charge in [0, 0.05) is 50.4 Å². The fourth-order valence-electron chi connectivity index (χ4n) is 4.14. The number of nitrogens with zero attached hydrogens (tertiary/aromatic N) is 2. The van der Waals surface area contributed by atoms with Gasteiger partial charge in [0.15, 0.2) is 5.96 Å². The molecule has 1 saturated heterocycles. The summed E-state index contributed by atoms with van der Waals surface area (Å²) in [5, 5.41) is 8.27. The molecule has 30 heavy (non-hydrogen) atoms. The summed E-state index contributed by atoms with van der Waals surface area (Å²) >= 11 is 0. The third-order valence-corrected chi connectivity index (χ3v) is 5.85. The number of rotatable bonds is 9. The summed E-state index contributed by atoms with van der Waals surface area (Å²) in [7, 11) is 1.77. The van der Waals surface area contributed by atoms with Gasteiger partial charge >= 0.3 is 0 Å². The highest BCUT2D eigenvalue weighted by Crippen LogP contribution is 2.22. The number of aliphatic imine (C=N–C) groups is 1. The minimum absolute atomic E-state index is 0. The van der Waals surface area contributed by atoms with Crippen molar-refractivity contribution in [3.05, 3.63) is 35.5 Å². The number of nitrogens with one attached hydrogen (secondary N) is 3. The van der Waals surface area contributed by atoms with Gasteiger partial charge in [-0.2, -0.15) is 0 Å². The summed E-state index contributed by atoms with van der Waals surface area (Å²) in [6.45, 7) is 11.2. The Balaban J connectivity index is 0.00000320. The molecule has 7 heteroatoms. The second kappa shape index (κ2) is 13.2. The van der Waals surface area contributed by atoms with Crippen LogP contribution in [0.1, 0.15) is 30.9 Å². The summed E-state index contributed by atoms with van der Waals surface area (Å²) in [5.74, 6) is 1.62. The molecule has 1 aromatic heterocycles. The number of fused-ring (bicyclic) bond motifs is 1. The van der Waals surface area contributed by atoms with Crippen LogP contribution >= 0.6 is 24.0 Å². The Labute approximate surface area is 198 Å². The van der Waals surface area contributed by atoms with Crippen LogP contribution in [0.25, 0.3) is 10.9 Å². The molecule has 1 aromatic carbocycles. The molecule has 0 radical (unpaired) electrons. The smallest absolute Gasteiger partial charge is 0.191 e. The first-order valence-corrected chi connectivity index (χ1v) is 11.0. The van der Waals surface area contributed by atoms with Crippen LogP contribution in [-0.2, 0) is 11.2 Å². The van der Waals surface area contributed by atoms with E-state index in [1.54, 1.807) is 7.11 Å². The zero-order valence-corrected chi connectivity index (χ0v) is 21.0. The number of guanidine groups is 1. The molecule has 6 nitrogen and oxygen atoms in total. The Hall–Kier alpha value is -1.32. The molecule has 0 saturated carbocycles. The van der Waals surface area contributed by atoms with Gasteiger partial charge < -0.3 is 25.3 Å². The lowest BCUT2D eigenvalue weighted by Gasteiger charge is -2.31. The largest absolute Gasteiger partial charge is 0.383 e. The summed E-state index contributed by atoms with van der Waals surface area (Å²) in [6.07, 6.45) is 5.57. The molecule has 1 fully saturated rings. The highest BCUT2D eigenvalue weighted by atomic mass is 127. The number of H-pyrrole nitrogens is 1. The number of piperidine rings is 1. The lowest BCUT2D eigenvalue weighted by Crippen LogP contribution is -2.40. The van der Waals surface area contributed by atoms with E-state index in [2.05, 4.69) is 58.8 Å². The summed E-state index contributed by atoms with van der Waals surface area (Å²) in [4.78, 5) is 10.8. The molecule has 0 amide bonds. The van der Waals surface area contributed by atoms with Crippen LogP contribution in [0.5, 0.6) is 0 Å². The van der Waals surface area contributed by atoms with Gasteiger partial charge in [-0.1, -0.05) is 12.1 Å². The fraction of sp³-hybridized carbons (Fsp3) is 0.609. The summed E-state index contributed by atoms with van der Waals surface area (Å²) in [5.41, 5.74) is 3.92. The third-order valence-electron chi connectivity index (χ3n) is 5.85. The number of methoxy groups -OCH3 is 1. The zero-order chi connectivity index (χ0) is 20.5. The number of halogens is 1. The highest BCUT2D eigenvalue weighted by Gasteiger charge is 2.18. The Morgan fingerprint density at radius 3 is 2.80 bits per heavy atom. The van der Waals surface area contributed by atoms with Gasteiger partial charge in [-0.25, -0.2) is 0 Å². The van der Waals surface area contributed by atoms with E-state index in [-0.39, 0.29) is 24.0 Å². The molecule has 2 aromatic rings. The van der Waals surface area contributed by atoms with Crippen LogP contribution in [0.15, 0.2) is 29.4 Å². The Kier molecular flexibility index (Phi) is 11.0. The predicted molar refractivity (Wildman–Crippen MR) is 137 cm³/mol. The van der Waals surface area contributed by atoms with Crippen molar-refractivity contribution in [3.63, 3.8) is 0 Å². The van der Waals surface area contributed by atoms with Crippen molar-refractivity contribution in [1.29, 1.82) is 0 Å². The van der Waals surface area contributed by atoms with Gasteiger partial charge in [0.1, 0.15) is 0 Å². The standard InChI is InChI=1S/C23H37N5O.HI/c1-4-24-23(27-16-19-9-12-28(13-10-19)14-15-29-3)25-11-8-20-17-26-21-7-5-6-18(2)22(20)21;/h5-7,17,19,26H,4,8-16H2,1-3H3,(H2,24,25,27);1H. The lowest BCUT2D eigenvalue weighted by molar-refractivity contribution is 0.121. The van der Waals surface area contributed by atoms with Gasteiger partial charge in [0.05, 0.1) is 6.61 Å². The van der Waals surface area contributed by atoms with E-state index in [4.69, 9.17) is 9.73 Å². The van der Waals surface area contributed by atoms with E-state index in [9.17, 15) is 0 Å². The van der Waals surface area contributed by atoms with Gasteiger partial charge in [-0.05, 0) is 69.3 Å². The van der Waals surface area contributed by atoms with Crippen LogP contribution in [0.3, 0.4) is 0 Å². The fourth-order valence-corrected chi connectivity index (χ4v) is 4.14. The highest BCUT2D eigenvalue weighted by molar-refractivity contribution is 14.0. The SMILES string of the molecule is CCNC(=NCC1CCN(CCOC)CC1)NCCc1c[nH]c2cccc(C)c12.I. The quantitative estimate of drug-likeness (QED) is 0.265. The second-order valence-corrected chi connectivity index (χ2v) is 7.99. The normalized spacial score (nSPS) is 15.9. The molecule has 3 rings (SSSR count). The predicted octanol–water partition coefficient (Wildman–Crippen LogP) is 3.55. The molecule has 0 spiro atoms. The molecule has 0 atom stereocenters. The first-order chi connectivity index (χ1) is 14.2. The average molecular weight is 527 g/mol. The number of aromatic amines is 1. The van der Waals surface area contributed by atoms with Gasteiger partial charge in [-0.15, -0.1) is 24.0 Å². The van der Waals surface area contributed by atoms with Crippen molar-refractivity contribution in [3.8, 4) is 0 Å². The van der Waals surface area contributed by atoms with Crippen LogP contribution < -0.4 is 10.6 Å². The third kappa shape index (κ3) is 7.13. The molecular formula is C23H38IN5O. The van der Waals surface area contributed by atoms with Crippen molar-refractivity contribution in [2.75, 3.05) is 53.0 Å². The average Bonchev–Trinajstić information content (AvgIpc) is 3.15. The Morgan fingerprint density at radius 1 is 1.27 bits per heavy atom. The first-order valence-electron chi connectivity index (χ1n) is 11.0. The van der Waals surface area contributed by atoms with Crippen molar-refractivity contribution in [1.82, 2.24) is 20.5 Å². The van der Waals surface area contributed by atoms with Crippen LogP contribution in [-0.4, -0.2) is 68.8 Å². The van der Waals surface area contributed by atoms with Gasteiger partial charge in [0.2, 0.25) is 0 Å². The number of hydrogen-bond acceptors (Lipinski definition) is 3. The van der Waals surface area contributed by atoms with Crippen LogP contribution in [0.4, 0.5) is 0 Å². The summed E-state index contributed by atoms with van der Waals surface area (Å²) < 4.78 is 5.19. The van der Waals surface area contributed by atoms with Crippen molar-refractivity contribution in [2.45, 2.75) is 33.1 Å². The minimum Gasteiger partial charge on any atom is -0.383 e. The first kappa shape index (κ1) is 24.9.